The Bertz CT molecular complexity index is 1020. The molecule has 2 aromatic carbocycles. The quantitative estimate of drug-likeness (QED) is 0.727. The van der Waals surface area contributed by atoms with Crippen molar-refractivity contribution in [3.63, 3.8) is 0 Å². The van der Waals surface area contributed by atoms with Crippen molar-refractivity contribution in [2.75, 3.05) is 4.72 Å². The number of aromatic nitrogens is 1. The molecule has 1 aromatic heterocycles. The number of rotatable bonds is 3. The van der Waals surface area contributed by atoms with Crippen LogP contribution in [-0.4, -0.2) is 13.4 Å². The van der Waals surface area contributed by atoms with Crippen LogP contribution in [0.4, 0.5) is 5.69 Å². The molecule has 0 aliphatic carbocycles. The van der Waals surface area contributed by atoms with E-state index in [2.05, 4.69) is 25.6 Å². The molecule has 0 saturated carbocycles. The molecule has 0 radical (unpaired) electrons. The summed E-state index contributed by atoms with van der Waals surface area (Å²) in [4.78, 5) is 13.7. The largest absolute Gasteiger partial charge is 0.417 e. The first-order chi connectivity index (χ1) is 10.4. The molecule has 0 saturated heterocycles. The van der Waals surface area contributed by atoms with Crippen LogP contribution in [0.5, 0.6) is 0 Å². The lowest BCUT2D eigenvalue weighted by Crippen LogP contribution is -2.14. The van der Waals surface area contributed by atoms with Crippen LogP contribution in [0.15, 0.2) is 55.0 Å². The topological polar surface area (TPSA) is 92.2 Å². The predicted octanol–water partition coefficient (Wildman–Crippen LogP) is 2.99. The zero-order valence-corrected chi connectivity index (χ0v) is 13.8. The van der Waals surface area contributed by atoms with Crippen LogP contribution in [0, 0.1) is 6.92 Å². The third-order valence-corrected chi connectivity index (χ3v) is 5.32. The smallest absolute Gasteiger partial charge is 0.408 e. The number of benzene rings is 2. The van der Waals surface area contributed by atoms with E-state index in [1.165, 1.54) is 6.07 Å². The molecule has 0 bridgehead atoms. The normalized spacial score (nSPS) is 11.7. The molecule has 2 N–H and O–H groups in total. The van der Waals surface area contributed by atoms with E-state index in [0.717, 1.165) is 0 Å². The standard InChI is InChI=1S/C14H11BrN2O4S/c1-8-6-11-12(21-14(18)16-11)7-13(8)22(19,20)17-10-5-3-2-4-9(10)15/h2-7,17H,1H3,(H,16,18). The van der Waals surface area contributed by atoms with Crippen LogP contribution in [0.3, 0.4) is 0 Å². The summed E-state index contributed by atoms with van der Waals surface area (Å²) < 4.78 is 33.2. The van der Waals surface area contributed by atoms with Gasteiger partial charge in [0.2, 0.25) is 0 Å². The van der Waals surface area contributed by atoms with Crippen molar-refractivity contribution in [2.24, 2.45) is 0 Å². The van der Waals surface area contributed by atoms with Gasteiger partial charge in [-0.1, -0.05) is 12.1 Å². The van der Waals surface area contributed by atoms with Crippen molar-refractivity contribution in [3.05, 3.63) is 57.0 Å². The summed E-state index contributed by atoms with van der Waals surface area (Å²) in [5.74, 6) is -0.622. The number of para-hydroxylation sites is 1. The van der Waals surface area contributed by atoms with E-state index in [9.17, 15) is 13.2 Å². The maximum absolute atomic E-state index is 12.6. The third kappa shape index (κ3) is 2.67. The molecule has 22 heavy (non-hydrogen) atoms. The van der Waals surface area contributed by atoms with Gasteiger partial charge in [0.25, 0.3) is 10.0 Å². The molecule has 0 fully saturated rings. The van der Waals surface area contributed by atoms with Crippen molar-refractivity contribution in [2.45, 2.75) is 11.8 Å². The highest BCUT2D eigenvalue weighted by Crippen LogP contribution is 2.27. The van der Waals surface area contributed by atoms with E-state index in [1.54, 1.807) is 37.3 Å². The van der Waals surface area contributed by atoms with Crippen LogP contribution in [-0.2, 0) is 10.0 Å². The number of oxazole rings is 1. The first-order valence-electron chi connectivity index (χ1n) is 6.27. The van der Waals surface area contributed by atoms with E-state index >= 15 is 0 Å². The first kappa shape index (κ1) is 14.9. The Kier molecular flexibility index (Phi) is 3.57. The Morgan fingerprint density at radius 1 is 1.23 bits per heavy atom. The molecule has 1 heterocycles. The number of hydrogen-bond acceptors (Lipinski definition) is 4. The van der Waals surface area contributed by atoms with E-state index in [4.69, 9.17) is 4.42 Å². The Morgan fingerprint density at radius 2 is 1.95 bits per heavy atom. The maximum Gasteiger partial charge on any atom is 0.417 e. The summed E-state index contributed by atoms with van der Waals surface area (Å²) in [5, 5.41) is 0. The van der Waals surface area contributed by atoms with Crippen molar-refractivity contribution in [3.8, 4) is 0 Å². The van der Waals surface area contributed by atoms with Gasteiger partial charge in [-0.3, -0.25) is 9.71 Å². The van der Waals surface area contributed by atoms with Crippen LogP contribution in [0.25, 0.3) is 11.1 Å². The zero-order chi connectivity index (χ0) is 15.9. The van der Waals surface area contributed by atoms with Gasteiger partial charge in [-0.2, -0.15) is 0 Å². The summed E-state index contributed by atoms with van der Waals surface area (Å²) in [5.41, 5.74) is 1.59. The Labute approximate surface area is 134 Å². The molecule has 0 spiro atoms. The Balaban J connectivity index is 2.10. The summed E-state index contributed by atoms with van der Waals surface area (Å²) in [6.45, 7) is 1.65. The number of anilines is 1. The van der Waals surface area contributed by atoms with Crippen molar-refractivity contribution in [1.82, 2.24) is 4.98 Å². The number of hydrogen-bond donors (Lipinski definition) is 2. The van der Waals surface area contributed by atoms with E-state index in [-0.39, 0.29) is 10.5 Å². The van der Waals surface area contributed by atoms with Gasteiger partial charge in [0.05, 0.1) is 16.1 Å². The molecule has 8 heteroatoms. The van der Waals surface area contributed by atoms with Gasteiger partial charge >= 0.3 is 5.76 Å². The second-order valence-electron chi connectivity index (χ2n) is 4.71. The lowest BCUT2D eigenvalue weighted by Gasteiger charge is -2.11. The molecule has 3 rings (SSSR count). The lowest BCUT2D eigenvalue weighted by atomic mass is 10.2. The fourth-order valence-corrected chi connectivity index (χ4v) is 3.96. The highest BCUT2D eigenvalue weighted by Gasteiger charge is 2.20. The lowest BCUT2D eigenvalue weighted by molar-refractivity contribution is 0.554. The van der Waals surface area contributed by atoms with Gasteiger partial charge < -0.3 is 4.42 Å². The van der Waals surface area contributed by atoms with Crippen molar-refractivity contribution >= 4 is 42.7 Å². The molecule has 0 aliphatic rings. The van der Waals surface area contributed by atoms with Crippen molar-refractivity contribution < 1.29 is 12.8 Å². The van der Waals surface area contributed by atoms with Gasteiger partial charge in [-0.25, -0.2) is 13.2 Å². The van der Waals surface area contributed by atoms with Gasteiger partial charge in [-0.05, 0) is 46.6 Å². The SMILES string of the molecule is Cc1cc2[nH]c(=O)oc2cc1S(=O)(=O)Nc1ccccc1Br. The molecular formula is C14H11BrN2O4S. The minimum Gasteiger partial charge on any atom is -0.408 e. The average Bonchev–Trinajstić information content (AvgIpc) is 2.79. The number of sulfonamides is 1. The van der Waals surface area contributed by atoms with E-state index < -0.39 is 15.8 Å². The molecule has 0 unspecified atom stereocenters. The Hall–Kier alpha value is -2.06. The van der Waals surface area contributed by atoms with Crippen LogP contribution >= 0.6 is 15.9 Å². The highest BCUT2D eigenvalue weighted by molar-refractivity contribution is 9.10. The number of aryl methyl sites for hydroxylation is 1. The van der Waals surface area contributed by atoms with Crippen molar-refractivity contribution in [1.29, 1.82) is 0 Å². The number of H-pyrrole nitrogens is 1. The number of aromatic amines is 1. The third-order valence-electron chi connectivity index (χ3n) is 3.12. The van der Waals surface area contributed by atoms with Gasteiger partial charge in [-0.15, -0.1) is 0 Å². The summed E-state index contributed by atoms with van der Waals surface area (Å²) >= 11 is 3.29. The molecule has 6 nitrogen and oxygen atoms in total. The number of halogens is 1. The summed E-state index contributed by atoms with van der Waals surface area (Å²) in [7, 11) is -3.80. The average molecular weight is 383 g/mol. The van der Waals surface area contributed by atoms with Gasteiger partial charge in [0.15, 0.2) is 5.58 Å². The molecule has 0 atom stereocenters. The number of fused-ring (bicyclic) bond motifs is 1. The van der Waals surface area contributed by atoms with E-state index in [1.807, 2.05) is 0 Å². The zero-order valence-electron chi connectivity index (χ0n) is 11.4. The minimum atomic E-state index is -3.80. The minimum absolute atomic E-state index is 0.0542. The molecule has 0 amide bonds. The number of nitrogens with one attached hydrogen (secondary N) is 2. The van der Waals surface area contributed by atoms with Crippen LogP contribution in [0.1, 0.15) is 5.56 Å². The second kappa shape index (κ2) is 5.29. The first-order valence-corrected chi connectivity index (χ1v) is 8.55. The van der Waals surface area contributed by atoms with Gasteiger partial charge in [0.1, 0.15) is 0 Å². The molecule has 3 aromatic rings. The summed E-state index contributed by atoms with van der Waals surface area (Å²) in [6.07, 6.45) is 0. The van der Waals surface area contributed by atoms with Crippen LogP contribution < -0.4 is 10.5 Å². The Morgan fingerprint density at radius 3 is 2.68 bits per heavy atom. The van der Waals surface area contributed by atoms with Gasteiger partial charge in [0, 0.05) is 10.5 Å². The summed E-state index contributed by atoms with van der Waals surface area (Å²) in [6, 6.07) is 9.79. The van der Waals surface area contributed by atoms with E-state index in [0.29, 0.717) is 21.2 Å². The maximum atomic E-state index is 12.6. The molecule has 0 aliphatic heterocycles. The fourth-order valence-electron chi connectivity index (χ4n) is 2.12. The predicted molar refractivity (Wildman–Crippen MR) is 86.5 cm³/mol. The van der Waals surface area contributed by atoms with Crippen LogP contribution in [0.2, 0.25) is 0 Å². The fraction of sp³-hybridized carbons (Fsp3) is 0.0714. The highest BCUT2D eigenvalue weighted by atomic mass is 79.9. The monoisotopic (exact) mass is 382 g/mol. The second-order valence-corrected chi connectivity index (χ2v) is 7.22. The molecular weight excluding hydrogens is 372 g/mol. The molecule has 114 valence electrons.